The van der Waals surface area contributed by atoms with Crippen molar-refractivity contribution in [3.8, 4) is 0 Å². The van der Waals surface area contributed by atoms with Gasteiger partial charge in [-0.1, -0.05) is 12.1 Å². The number of rotatable bonds is 3. The van der Waals surface area contributed by atoms with Crippen molar-refractivity contribution in [3.05, 3.63) is 29.8 Å². The van der Waals surface area contributed by atoms with Gasteiger partial charge in [-0.3, -0.25) is 0 Å². The van der Waals surface area contributed by atoms with Crippen LogP contribution in [0.15, 0.2) is 24.3 Å². The summed E-state index contributed by atoms with van der Waals surface area (Å²) >= 11 is 0. The van der Waals surface area contributed by atoms with Gasteiger partial charge in [0.1, 0.15) is 9.84 Å². The molecule has 0 aliphatic rings. The van der Waals surface area contributed by atoms with Crippen molar-refractivity contribution in [2.75, 3.05) is 17.7 Å². The molecule has 0 unspecified atom stereocenters. The van der Waals surface area contributed by atoms with Crippen LogP contribution in [0.2, 0.25) is 0 Å². The predicted molar refractivity (Wildman–Crippen MR) is 57.5 cm³/mol. The molecule has 0 aromatic heterocycles. The highest BCUT2D eigenvalue weighted by Gasteiger charge is 2.12. The summed E-state index contributed by atoms with van der Waals surface area (Å²) in [6, 6.07) is 6.44. The zero-order valence-electron chi connectivity index (χ0n) is 7.97. The maximum absolute atomic E-state index is 11.0. The number of hydrogen-bond donors (Lipinski definition) is 2. The Hall–Kier alpha value is -1.07. The van der Waals surface area contributed by atoms with E-state index in [4.69, 9.17) is 11.5 Å². The van der Waals surface area contributed by atoms with Gasteiger partial charge in [0.25, 0.3) is 0 Å². The zero-order valence-corrected chi connectivity index (χ0v) is 8.79. The Morgan fingerprint density at radius 3 is 2.57 bits per heavy atom. The number of nitrogens with two attached hydrogens (primary N) is 2. The summed E-state index contributed by atoms with van der Waals surface area (Å²) < 4.78 is 22.0. The SMILES string of the molecule is CS(=O)(=O)C[C@@H](N)c1cccc(N)c1. The average molecular weight is 214 g/mol. The van der Waals surface area contributed by atoms with Crippen molar-refractivity contribution in [1.29, 1.82) is 0 Å². The standard InChI is InChI=1S/C9H14N2O2S/c1-14(12,13)6-9(11)7-3-2-4-8(10)5-7/h2-5,9H,6,10-11H2,1H3/t9-/m1/s1. The monoisotopic (exact) mass is 214 g/mol. The Bertz CT molecular complexity index is 415. The normalized spacial score (nSPS) is 13.9. The number of nitrogen functional groups attached to an aromatic ring is 1. The highest BCUT2D eigenvalue weighted by molar-refractivity contribution is 7.90. The molecule has 0 amide bonds. The first kappa shape index (κ1) is 11.0. The number of benzene rings is 1. The molecular weight excluding hydrogens is 200 g/mol. The minimum Gasteiger partial charge on any atom is -0.399 e. The van der Waals surface area contributed by atoms with E-state index in [1.165, 1.54) is 6.26 Å². The van der Waals surface area contributed by atoms with Crippen LogP contribution < -0.4 is 11.5 Å². The smallest absolute Gasteiger partial charge is 0.149 e. The summed E-state index contributed by atoms with van der Waals surface area (Å²) in [6.45, 7) is 0. The van der Waals surface area contributed by atoms with Crippen LogP contribution in [0, 0.1) is 0 Å². The molecule has 0 aliphatic heterocycles. The van der Waals surface area contributed by atoms with Gasteiger partial charge in [-0.05, 0) is 17.7 Å². The molecule has 0 radical (unpaired) electrons. The summed E-state index contributed by atoms with van der Waals surface area (Å²) in [5.74, 6) is -0.0591. The first-order valence-electron chi connectivity index (χ1n) is 4.17. The zero-order chi connectivity index (χ0) is 10.8. The van der Waals surface area contributed by atoms with Crippen molar-refractivity contribution >= 4 is 15.5 Å². The van der Waals surface area contributed by atoms with Gasteiger partial charge in [-0.25, -0.2) is 8.42 Å². The Labute approximate surface area is 83.8 Å². The summed E-state index contributed by atoms with van der Waals surface area (Å²) in [4.78, 5) is 0. The van der Waals surface area contributed by atoms with E-state index in [2.05, 4.69) is 0 Å². The summed E-state index contributed by atoms with van der Waals surface area (Å²) in [7, 11) is -3.05. The Morgan fingerprint density at radius 2 is 2.07 bits per heavy atom. The van der Waals surface area contributed by atoms with Crippen LogP contribution in [-0.2, 0) is 9.84 Å². The van der Waals surface area contributed by atoms with Crippen LogP contribution in [0.3, 0.4) is 0 Å². The van der Waals surface area contributed by atoms with Crippen LogP contribution in [-0.4, -0.2) is 20.4 Å². The van der Waals surface area contributed by atoms with Gasteiger partial charge in [0.2, 0.25) is 0 Å². The fourth-order valence-electron chi connectivity index (χ4n) is 1.21. The highest BCUT2D eigenvalue weighted by Crippen LogP contribution is 2.14. The van der Waals surface area contributed by atoms with Gasteiger partial charge >= 0.3 is 0 Å². The van der Waals surface area contributed by atoms with Crippen molar-refractivity contribution in [1.82, 2.24) is 0 Å². The van der Waals surface area contributed by atoms with Crippen LogP contribution >= 0.6 is 0 Å². The maximum Gasteiger partial charge on any atom is 0.149 e. The molecule has 0 heterocycles. The predicted octanol–water partition coefficient (Wildman–Crippen LogP) is 0.313. The number of sulfone groups is 1. The number of hydrogen-bond acceptors (Lipinski definition) is 4. The maximum atomic E-state index is 11.0. The van der Waals surface area contributed by atoms with E-state index in [0.717, 1.165) is 5.56 Å². The van der Waals surface area contributed by atoms with Gasteiger partial charge in [-0.2, -0.15) is 0 Å². The molecule has 4 N–H and O–H groups in total. The largest absolute Gasteiger partial charge is 0.399 e. The lowest BCUT2D eigenvalue weighted by molar-refractivity contribution is 0.595. The van der Waals surface area contributed by atoms with E-state index >= 15 is 0 Å². The molecule has 0 saturated carbocycles. The molecule has 78 valence electrons. The molecule has 1 atom stereocenters. The lowest BCUT2D eigenvalue weighted by Gasteiger charge is -2.10. The highest BCUT2D eigenvalue weighted by atomic mass is 32.2. The van der Waals surface area contributed by atoms with Gasteiger partial charge in [0.15, 0.2) is 0 Å². The average Bonchev–Trinajstić information content (AvgIpc) is 2.01. The van der Waals surface area contributed by atoms with Crippen LogP contribution in [0.4, 0.5) is 5.69 Å². The van der Waals surface area contributed by atoms with E-state index in [0.29, 0.717) is 5.69 Å². The Kier molecular flexibility index (Phi) is 3.13. The first-order valence-corrected chi connectivity index (χ1v) is 6.23. The van der Waals surface area contributed by atoms with Gasteiger partial charge < -0.3 is 11.5 Å². The molecule has 1 aromatic rings. The fourth-order valence-corrected chi connectivity index (χ4v) is 2.06. The van der Waals surface area contributed by atoms with E-state index in [9.17, 15) is 8.42 Å². The third-order valence-electron chi connectivity index (χ3n) is 1.82. The Morgan fingerprint density at radius 1 is 1.43 bits per heavy atom. The molecule has 1 aromatic carbocycles. The quantitative estimate of drug-likeness (QED) is 0.709. The van der Waals surface area contributed by atoms with Crippen LogP contribution in [0.5, 0.6) is 0 Å². The van der Waals surface area contributed by atoms with Crippen molar-refractivity contribution in [2.24, 2.45) is 5.73 Å². The van der Waals surface area contributed by atoms with E-state index in [1.807, 2.05) is 0 Å². The fraction of sp³-hybridized carbons (Fsp3) is 0.333. The van der Waals surface area contributed by atoms with E-state index in [1.54, 1.807) is 24.3 Å². The third-order valence-corrected chi connectivity index (χ3v) is 2.79. The molecule has 1 rings (SSSR count). The van der Waals surface area contributed by atoms with Gasteiger partial charge in [-0.15, -0.1) is 0 Å². The molecule has 0 fully saturated rings. The molecule has 0 saturated heterocycles. The molecular formula is C9H14N2O2S. The summed E-state index contributed by atoms with van der Waals surface area (Å²) in [5.41, 5.74) is 12.6. The summed E-state index contributed by atoms with van der Waals surface area (Å²) in [5, 5.41) is 0. The van der Waals surface area contributed by atoms with Crippen molar-refractivity contribution in [2.45, 2.75) is 6.04 Å². The number of anilines is 1. The van der Waals surface area contributed by atoms with Crippen molar-refractivity contribution < 1.29 is 8.42 Å². The molecule has 4 nitrogen and oxygen atoms in total. The minimum absolute atomic E-state index is 0.0591. The second-order valence-electron chi connectivity index (χ2n) is 3.37. The third kappa shape index (κ3) is 3.35. The van der Waals surface area contributed by atoms with Crippen molar-refractivity contribution in [3.63, 3.8) is 0 Å². The molecule has 0 spiro atoms. The van der Waals surface area contributed by atoms with Gasteiger partial charge in [0, 0.05) is 18.0 Å². The van der Waals surface area contributed by atoms with Crippen LogP contribution in [0.25, 0.3) is 0 Å². The van der Waals surface area contributed by atoms with E-state index in [-0.39, 0.29) is 5.75 Å². The van der Waals surface area contributed by atoms with E-state index < -0.39 is 15.9 Å². The van der Waals surface area contributed by atoms with Crippen LogP contribution in [0.1, 0.15) is 11.6 Å². The molecule has 14 heavy (non-hydrogen) atoms. The minimum atomic E-state index is -3.05. The second kappa shape index (κ2) is 3.98. The molecule has 5 heteroatoms. The summed E-state index contributed by atoms with van der Waals surface area (Å²) in [6.07, 6.45) is 1.17. The second-order valence-corrected chi connectivity index (χ2v) is 5.55. The first-order chi connectivity index (χ1) is 6.38. The lowest BCUT2D eigenvalue weighted by atomic mass is 10.1. The molecule has 0 aliphatic carbocycles. The Balaban J connectivity index is 2.85. The topological polar surface area (TPSA) is 86.2 Å². The van der Waals surface area contributed by atoms with Gasteiger partial charge in [0.05, 0.1) is 5.75 Å². The lowest BCUT2D eigenvalue weighted by Crippen LogP contribution is -2.20. The molecule has 0 bridgehead atoms.